The van der Waals surface area contributed by atoms with E-state index in [9.17, 15) is 35.1 Å². The van der Waals surface area contributed by atoms with E-state index >= 15 is 4.39 Å². The number of hydrogen-bond donors (Lipinski definition) is 0. The van der Waals surface area contributed by atoms with Gasteiger partial charge in [0.15, 0.2) is 0 Å². The first kappa shape index (κ1) is 35.1. The van der Waals surface area contributed by atoms with Crippen molar-refractivity contribution in [3.63, 3.8) is 0 Å². The van der Waals surface area contributed by atoms with Crippen LogP contribution in [0.5, 0.6) is 5.75 Å². The van der Waals surface area contributed by atoms with Crippen molar-refractivity contribution < 1.29 is 44.3 Å². The third-order valence-corrected chi connectivity index (χ3v) is 10.1. The summed E-state index contributed by atoms with van der Waals surface area (Å²) in [6.45, 7) is 2.23. The second kappa shape index (κ2) is 14.5. The molecule has 256 valence electrons. The van der Waals surface area contributed by atoms with Gasteiger partial charge >= 0.3 is 12.3 Å². The Balaban J connectivity index is 1.22. The molecular weight excluding hydrogens is 631 g/mol. The molecule has 3 aromatic rings. The van der Waals surface area contributed by atoms with Gasteiger partial charge in [0, 0.05) is 11.6 Å². The maximum atomic E-state index is 15.3. The summed E-state index contributed by atoms with van der Waals surface area (Å²) in [5, 5.41) is 0. The van der Waals surface area contributed by atoms with E-state index in [1.165, 1.54) is 63.5 Å². The highest BCUT2D eigenvalue weighted by Crippen LogP contribution is 2.45. The van der Waals surface area contributed by atoms with Crippen molar-refractivity contribution in [2.24, 2.45) is 17.8 Å². The van der Waals surface area contributed by atoms with Crippen LogP contribution < -0.4 is 4.74 Å². The highest BCUT2D eigenvalue weighted by Gasteiger charge is 2.42. The average molecular weight is 671 g/mol. The van der Waals surface area contributed by atoms with Crippen LogP contribution in [0.15, 0.2) is 48.5 Å². The quantitative estimate of drug-likeness (QED) is 0.154. The van der Waals surface area contributed by atoms with E-state index in [0.717, 1.165) is 43.1 Å². The second-order valence-corrected chi connectivity index (χ2v) is 13.2. The average Bonchev–Trinajstić information content (AvgIpc) is 3.00. The molecule has 2 aliphatic rings. The van der Waals surface area contributed by atoms with Crippen LogP contribution in [0.2, 0.25) is 0 Å². The Hall–Kier alpha value is -3.17. The zero-order valence-corrected chi connectivity index (χ0v) is 26.2. The minimum absolute atomic E-state index is 0.0464. The maximum Gasteiger partial charge on any atom is 0.432 e. The summed E-state index contributed by atoms with van der Waals surface area (Å²) in [6, 6.07) is 6.11. The van der Waals surface area contributed by atoms with E-state index in [1.54, 1.807) is 6.07 Å². The molecule has 0 spiro atoms. The van der Waals surface area contributed by atoms with Crippen molar-refractivity contribution in [3.8, 4) is 16.9 Å². The van der Waals surface area contributed by atoms with Crippen LogP contribution in [0.25, 0.3) is 11.1 Å². The summed E-state index contributed by atoms with van der Waals surface area (Å²) >= 11 is 0. The van der Waals surface area contributed by atoms with Gasteiger partial charge < -0.3 is 4.74 Å². The third kappa shape index (κ3) is 8.29. The molecular formula is C37H39F9O. The van der Waals surface area contributed by atoms with Gasteiger partial charge in [-0.1, -0.05) is 57.6 Å². The van der Waals surface area contributed by atoms with E-state index in [-0.39, 0.29) is 29.2 Å². The first-order valence-corrected chi connectivity index (χ1v) is 16.5. The van der Waals surface area contributed by atoms with Crippen LogP contribution in [0.3, 0.4) is 0 Å². The van der Waals surface area contributed by atoms with Crippen molar-refractivity contribution >= 4 is 0 Å². The van der Waals surface area contributed by atoms with Crippen molar-refractivity contribution in [3.05, 3.63) is 88.5 Å². The molecule has 2 fully saturated rings. The summed E-state index contributed by atoms with van der Waals surface area (Å²) in [6.07, 6.45) is 4.60. The van der Waals surface area contributed by atoms with Crippen LogP contribution in [-0.2, 0) is 12.3 Å². The Morgan fingerprint density at radius 2 is 1.28 bits per heavy atom. The molecule has 0 heterocycles. The lowest BCUT2D eigenvalue weighted by molar-refractivity contribution is -0.189. The van der Waals surface area contributed by atoms with Crippen molar-refractivity contribution in [1.29, 1.82) is 0 Å². The summed E-state index contributed by atoms with van der Waals surface area (Å²) in [5.74, 6) is -4.83. The molecule has 5 rings (SSSR count). The molecule has 2 saturated carbocycles. The van der Waals surface area contributed by atoms with Crippen molar-refractivity contribution in [2.45, 2.75) is 102 Å². The highest BCUT2D eigenvalue weighted by atomic mass is 19.4. The number of hydrogen-bond acceptors (Lipinski definition) is 1. The zero-order chi connectivity index (χ0) is 33.9. The maximum absolute atomic E-state index is 15.3. The number of unbranched alkanes of at least 4 members (excludes halogenated alkanes) is 2. The van der Waals surface area contributed by atoms with E-state index < -0.39 is 52.4 Å². The Morgan fingerprint density at radius 3 is 1.83 bits per heavy atom. The molecule has 0 unspecified atom stereocenters. The van der Waals surface area contributed by atoms with Crippen LogP contribution in [0, 0.1) is 41.0 Å². The normalized spacial score (nSPS) is 22.3. The van der Waals surface area contributed by atoms with Gasteiger partial charge in [0.2, 0.25) is 0 Å². The molecule has 47 heavy (non-hydrogen) atoms. The standard InChI is InChI=1S/C37H39F9O/c1-2-3-4-5-22-6-8-23(9-7-22)24-10-12-25(13-11-24)26-14-16-29(31(38)18-26)27-19-33(40)35(34(41)20-27)37(45,46)47-28-15-17-30(32(39)21-28)36(42,43)44/h14-25H,2-13H2,1H3. The van der Waals surface area contributed by atoms with E-state index in [2.05, 4.69) is 11.7 Å². The van der Waals surface area contributed by atoms with Crippen LogP contribution in [0.1, 0.15) is 107 Å². The lowest BCUT2D eigenvalue weighted by Gasteiger charge is -2.38. The molecule has 3 aromatic carbocycles. The summed E-state index contributed by atoms with van der Waals surface area (Å²) in [4.78, 5) is 0. The summed E-state index contributed by atoms with van der Waals surface area (Å²) in [5.41, 5.74) is -3.29. The predicted molar refractivity (Wildman–Crippen MR) is 162 cm³/mol. The van der Waals surface area contributed by atoms with E-state index in [4.69, 9.17) is 0 Å². The number of rotatable bonds is 10. The minimum Gasteiger partial charge on any atom is -0.429 e. The lowest BCUT2D eigenvalue weighted by Crippen LogP contribution is -2.25. The topological polar surface area (TPSA) is 9.23 Å². The molecule has 0 radical (unpaired) electrons. The fourth-order valence-corrected chi connectivity index (χ4v) is 7.57. The second-order valence-electron chi connectivity index (χ2n) is 13.2. The Bertz CT molecular complexity index is 1490. The Morgan fingerprint density at radius 1 is 0.660 bits per heavy atom. The largest absolute Gasteiger partial charge is 0.432 e. The van der Waals surface area contributed by atoms with E-state index in [0.29, 0.717) is 24.1 Å². The molecule has 0 bridgehead atoms. The van der Waals surface area contributed by atoms with E-state index in [1.807, 2.05) is 0 Å². The molecule has 0 saturated heterocycles. The van der Waals surface area contributed by atoms with Gasteiger partial charge in [0.25, 0.3) is 0 Å². The Kier molecular flexibility index (Phi) is 10.9. The predicted octanol–water partition coefficient (Wildman–Crippen LogP) is 12.7. The molecule has 0 amide bonds. The fourth-order valence-electron chi connectivity index (χ4n) is 7.57. The van der Waals surface area contributed by atoms with Crippen LogP contribution in [-0.4, -0.2) is 0 Å². The van der Waals surface area contributed by atoms with Gasteiger partial charge in [0.05, 0.1) is 5.56 Å². The van der Waals surface area contributed by atoms with Crippen molar-refractivity contribution in [2.75, 3.05) is 0 Å². The molecule has 0 aliphatic heterocycles. The zero-order valence-electron chi connectivity index (χ0n) is 26.2. The SMILES string of the molecule is CCCCCC1CCC(C2CCC(c3ccc(-c4cc(F)c(C(F)(F)Oc5ccc(C(F)(F)F)c(F)c5)c(F)c4)c(F)c3)CC2)CC1. The highest BCUT2D eigenvalue weighted by molar-refractivity contribution is 5.65. The van der Waals surface area contributed by atoms with Crippen LogP contribution >= 0.6 is 0 Å². The minimum atomic E-state index is -5.08. The smallest absolute Gasteiger partial charge is 0.429 e. The number of ether oxygens (including phenoxy) is 1. The number of halogens is 9. The first-order valence-electron chi connectivity index (χ1n) is 16.5. The first-order chi connectivity index (χ1) is 22.3. The monoisotopic (exact) mass is 670 g/mol. The molecule has 10 heteroatoms. The molecule has 0 aromatic heterocycles. The lowest BCUT2D eigenvalue weighted by atomic mass is 9.68. The fraction of sp³-hybridized carbons (Fsp3) is 0.514. The van der Waals surface area contributed by atoms with Gasteiger partial charge in [-0.2, -0.15) is 22.0 Å². The van der Waals surface area contributed by atoms with Gasteiger partial charge in [-0.25, -0.2) is 17.6 Å². The Labute approximate surface area is 269 Å². The summed E-state index contributed by atoms with van der Waals surface area (Å²) in [7, 11) is 0. The molecule has 1 nitrogen and oxygen atoms in total. The van der Waals surface area contributed by atoms with Gasteiger partial charge in [-0.3, -0.25) is 0 Å². The molecule has 0 atom stereocenters. The van der Waals surface area contributed by atoms with Crippen molar-refractivity contribution in [1.82, 2.24) is 0 Å². The summed E-state index contributed by atoms with van der Waals surface area (Å²) < 4.78 is 131. The van der Waals surface area contributed by atoms with Crippen LogP contribution in [0.4, 0.5) is 39.5 Å². The van der Waals surface area contributed by atoms with Gasteiger partial charge in [-0.15, -0.1) is 0 Å². The number of benzene rings is 3. The third-order valence-electron chi connectivity index (χ3n) is 10.1. The number of alkyl halides is 5. The van der Waals surface area contributed by atoms with Gasteiger partial charge in [-0.05, 0) is 104 Å². The van der Waals surface area contributed by atoms with Gasteiger partial charge in [0.1, 0.15) is 34.6 Å². The molecule has 2 aliphatic carbocycles. The molecule has 0 N–H and O–H groups in total.